The lowest BCUT2D eigenvalue weighted by Crippen LogP contribution is -2.19. The molecule has 0 bridgehead atoms. The molecule has 4 heteroatoms. The number of cyclic esters (lactones) is 2. The number of rotatable bonds is 1. The van der Waals surface area contributed by atoms with Gasteiger partial charge in [0, 0.05) is 0 Å². The van der Waals surface area contributed by atoms with Crippen LogP contribution < -0.4 is 0 Å². The molecule has 0 aliphatic carbocycles. The Labute approximate surface area is 77.0 Å². The van der Waals surface area contributed by atoms with E-state index in [1.54, 1.807) is 0 Å². The highest BCUT2D eigenvalue weighted by molar-refractivity contribution is 6.18. The van der Waals surface area contributed by atoms with Crippen molar-refractivity contribution in [2.45, 2.75) is 31.8 Å². The maximum atomic E-state index is 10.9. The fourth-order valence-corrected chi connectivity index (χ4v) is 1.36. The molecule has 1 aliphatic rings. The van der Waals surface area contributed by atoms with Crippen LogP contribution in [0.2, 0.25) is 0 Å². The highest BCUT2D eigenvalue weighted by Crippen LogP contribution is 2.12. The molecule has 1 heterocycles. The molecule has 1 atom stereocenters. The number of carbonyl (C=O) groups is 1. The molecule has 0 aromatic rings. The molecule has 70 valence electrons. The van der Waals surface area contributed by atoms with Gasteiger partial charge in [-0.3, -0.25) is 0 Å². The van der Waals surface area contributed by atoms with Crippen LogP contribution in [0.1, 0.15) is 25.7 Å². The Morgan fingerprint density at radius 3 is 3.00 bits per heavy atom. The van der Waals surface area contributed by atoms with Crippen LogP contribution in [0.15, 0.2) is 0 Å². The van der Waals surface area contributed by atoms with E-state index in [0.717, 1.165) is 25.7 Å². The maximum absolute atomic E-state index is 10.9. The summed E-state index contributed by atoms with van der Waals surface area (Å²) < 4.78 is 9.70. The molecule has 1 rings (SSSR count). The van der Waals surface area contributed by atoms with E-state index in [1.807, 2.05) is 0 Å². The van der Waals surface area contributed by atoms with Crippen LogP contribution in [0, 0.1) is 0 Å². The summed E-state index contributed by atoms with van der Waals surface area (Å²) >= 11 is 5.59. The molecule has 0 aromatic carbocycles. The minimum Gasteiger partial charge on any atom is -0.434 e. The smallest absolute Gasteiger partial charge is 0.434 e. The Bertz CT molecular complexity index is 149. The first-order chi connectivity index (χ1) is 5.83. The van der Waals surface area contributed by atoms with Crippen molar-refractivity contribution in [1.29, 1.82) is 0 Å². The van der Waals surface area contributed by atoms with Gasteiger partial charge in [-0.05, 0) is 25.7 Å². The summed E-state index contributed by atoms with van der Waals surface area (Å²) in [6.07, 6.45) is 3.14. The molecule has 1 saturated heterocycles. The zero-order chi connectivity index (χ0) is 8.81. The second-order valence-electron chi connectivity index (χ2n) is 2.84. The minimum absolute atomic E-state index is 0.169. The summed E-state index contributed by atoms with van der Waals surface area (Å²) in [6, 6.07) is 0. The van der Waals surface area contributed by atoms with Crippen molar-refractivity contribution in [3.8, 4) is 0 Å². The average molecular weight is 193 g/mol. The van der Waals surface area contributed by atoms with Gasteiger partial charge in [-0.15, -0.1) is 11.6 Å². The number of alkyl halides is 1. The molecular formula is C8H13ClO3. The first-order valence-corrected chi connectivity index (χ1v) is 4.76. The molecule has 0 amide bonds. The highest BCUT2D eigenvalue weighted by atomic mass is 35.5. The van der Waals surface area contributed by atoms with E-state index in [1.165, 1.54) is 0 Å². The maximum Gasteiger partial charge on any atom is 0.508 e. The van der Waals surface area contributed by atoms with Gasteiger partial charge in [-0.2, -0.15) is 0 Å². The molecule has 3 nitrogen and oxygen atoms in total. The van der Waals surface area contributed by atoms with Crippen LogP contribution in [-0.2, 0) is 9.47 Å². The number of hydrogen-bond acceptors (Lipinski definition) is 3. The van der Waals surface area contributed by atoms with Crippen LogP contribution in [-0.4, -0.2) is 24.7 Å². The van der Waals surface area contributed by atoms with Crippen molar-refractivity contribution in [1.82, 2.24) is 0 Å². The van der Waals surface area contributed by atoms with Gasteiger partial charge in [0.15, 0.2) is 0 Å². The molecule has 0 aromatic heterocycles. The summed E-state index contributed by atoms with van der Waals surface area (Å²) in [5.41, 5.74) is 0. The van der Waals surface area contributed by atoms with Gasteiger partial charge in [0.05, 0.1) is 12.5 Å². The number of carbonyl (C=O) groups excluding carboxylic acids is 1. The third-order valence-corrected chi connectivity index (χ3v) is 2.17. The molecule has 0 spiro atoms. The fourth-order valence-electron chi connectivity index (χ4n) is 1.14. The van der Waals surface area contributed by atoms with Gasteiger partial charge in [0.2, 0.25) is 0 Å². The van der Waals surface area contributed by atoms with E-state index in [-0.39, 0.29) is 6.10 Å². The summed E-state index contributed by atoms with van der Waals surface area (Å²) in [7, 11) is 0. The van der Waals surface area contributed by atoms with Gasteiger partial charge in [0.1, 0.15) is 6.10 Å². The monoisotopic (exact) mass is 192 g/mol. The van der Waals surface area contributed by atoms with E-state index in [0.29, 0.717) is 12.5 Å². The second kappa shape index (κ2) is 5.25. The van der Waals surface area contributed by atoms with Crippen molar-refractivity contribution in [2.75, 3.05) is 12.5 Å². The molecule has 0 N–H and O–H groups in total. The van der Waals surface area contributed by atoms with Crippen molar-refractivity contribution < 1.29 is 14.3 Å². The number of halogens is 1. The number of ether oxygens (including phenoxy) is 2. The van der Waals surface area contributed by atoms with Crippen molar-refractivity contribution in [2.24, 2.45) is 0 Å². The molecule has 1 fully saturated rings. The van der Waals surface area contributed by atoms with Gasteiger partial charge in [-0.1, -0.05) is 0 Å². The molecule has 0 saturated carbocycles. The SMILES string of the molecule is O=C1OCCCCCC(CCl)O1. The Kier molecular flexibility index (Phi) is 4.22. The molecular weight excluding hydrogens is 180 g/mol. The number of hydrogen-bond donors (Lipinski definition) is 0. The van der Waals surface area contributed by atoms with Crippen LogP contribution >= 0.6 is 11.6 Å². The third-order valence-electron chi connectivity index (χ3n) is 1.83. The van der Waals surface area contributed by atoms with E-state index in [4.69, 9.17) is 21.1 Å². The molecule has 12 heavy (non-hydrogen) atoms. The first-order valence-electron chi connectivity index (χ1n) is 4.22. The fraction of sp³-hybridized carbons (Fsp3) is 0.875. The Morgan fingerprint density at radius 2 is 2.25 bits per heavy atom. The van der Waals surface area contributed by atoms with Gasteiger partial charge in [0.25, 0.3) is 0 Å². The molecule has 1 aliphatic heterocycles. The first kappa shape index (κ1) is 9.65. The van der Waals surface area contributed by atoms with E-state index in [2.05, 4.69) is 0 Å². The summed E-state index contributed by atoms with van der Waals surface area (Å²) in [4.78, 5) is 10.9. The van der Waals surface area contributed by atoms with Gasteiger partial charge >= 0.3 is 6.16 Å². The van der Waals surface area contributed by atoms with Crippen LogP contribution in [0.25, 0.3) is 0 Å². The lowest BCUT2D eigenvalue weighted by atomic mass is 10.1. The quantitative estimate of drug-likeness (QED) is 0.473. The zero-order valence-corrected chi connectivity index (χ0v) is 7.68. The predicted octanol–water partition coefficient (Wildman–Crippen LogP) is 2.32. The normalized spacial score (nSPS) is 26.1. The van der Waals surface area contributed by atoms with Crippen molar-refractivity contribution >= 4 is 17.8 Å². The Hall–Kier alpha value is -0.440. The van der Waals surface area contributed by atoms with Crippen molar-refractivity contribution in [3.63, 3.8) is 0 Å². The van der Waals surface area contributed by atoms with Gasteiger partial charge < -0.3 is 9.47 Å². The summed E-state index contributed by atoms with van der Waals surface area (Å²) in [5.74, 6) is 0.356. The summed E-state index contributed by atoms with van der Waals surface area (Å²) in [6.45, 7) is 0.466. The largest absolute Gasteiger partial charge is 0.508 e. The van der Waals surface area contributed by atoms with E-state index < -0.39 is 6.16 Å². The van der Waals surface area contributed by atoms with Crippen LogP contribution in [0.4, 0.5) is 4.79 Å². The van der Waals surface area contributed by atoms with Crippen LogP contribution in [0.5, 0.6) is 0 Å². The Morgan fingerprint density at radius 1 is 1.42 bits per heavy atom. The zero-order valence-electron chi connectivity index (χ0n) is 6.92. The van der Waals surface area contributed by atoms with Crippen molar-refractivity contribution in [3.05, 3.63) is 0 Å². The highest BCUT2D eigenvalue weighted by Gasteiger charge is 2.15. The predicted molar refractivity (Wildman–Crippen MR) is 45.4 cm³/mol. The topological polar surface area (TPSA) is 35.5 Å². The van der Waals surface area contributed by atoms with E-state index in [9.17, 15) is 4.79 Å². The average Bonchev–Trinajstić information content (AvgIpc) is 2.16. The lowest BCUT2D eigenvalue weighted by molar-refractivity contribution is 0.0320. The standard InChI is InChI=1S/C8H13ClO3/c9-6-7-4-2-1-3-5-11-8(10)12-7/h7H,1-6H2. The molecule has 1 unspecified atom stereocenters. The lowest BCUT2D eigenvalue weighted by Gasteiger charge is -2.12. The van der Waals surface area contributed by atoms with Crippen LogP contribution in [0.3, 0.4) is 0 Å². The molecule has 0 radical (unpaired) electrons. The summed E-state index contributed by atoms with van der Waals surface area (Å²) in [5, 5.41) is 0. The van der Waals surface area contributed by atoms with E-state index >= 15 is 0 Å². The van der Waals surface area contributed by atoms with Gasteiger partial charge in [-0.25, -0.2) is 4.79 Å². The Balaban J connectivity index is 2.37. The third kappa shape index (κ3) is 3.30. The minimum atomic E-state index is -0.581. The second-order valence-corrected chi connectivity index (χ2v) is 3.15.